The van der Waals surface area contributed by atoms with Crippen LogP contribution in [0.3, 0.4) is 0 Å². The summed E-state index contributed by atoms with van der Waals surface area (Å²) in [4.78, 5) is 0. The molecule has 124 valence electrons. The van der Waals surface area contributed by atoms with E-state index in [4.69, 9.17) is 4.74 Å². The summed E-state index contributed by atoms with van der Waals surface area (Å²) in [6, 6.07) is 19.5. The van der Waals surface area contributed by atoms with Gasteiger partial charge < -0.3 is 15.1 Å². The van der Waals surface area contributed by atoms with Crippen LogP contribution < -0.4 is 15.1 Å². The molecule has 1 saturated heterocycles. The molecule has 1 atom stereocenters. The van der Waals surface area contributed by atoms with Gasteiger partial charge in [-0.05, 0) is 30.2 Å². The van der Waals surface area contributed by atoms with Crippen LogP contribution in [0.1, 0.15) is 5.56 Å². The first-order chi connectivity index (χ1) is 11.9. The molecule has 1 fully saturated rings. The molecule has 1 aromatic heterocycles. The third-order valence-electron chi connectivity index (χ3n) is 4.82. The molecule has 1 N–H and O–H groups in total. The van der Waals surface area contributed by atoms with Gasteiger partial charge in [-0.3, -0.25) is 4.68 Å². The van der Waals surface area contributed by atoms with Gasteiger partial charge in [0.05, 0.1) is 18.7 Å². The van der Waals surface area contributed by atoms with E-state index in [-0.39, 0.29) is 0 Å². The number of nitrogens with zero attached hydrogens (tertiary/aromatic N) is 2. The molecule has 4 rings (SSSR count). The minimum atomic E-state index is 0.394. The zero-order valence-electron chi connectivity index (χ0n) is 14.0. The number of benzene rings is 2. The summed E-state index contributed by atoms with van der Waals surface area (Å²) >= 11 is 0. The fraction of sp³-hybridized carbons (Fsp3) is 0.300. The van der Waals surface area contributed by atoms with Crippen LogP contribution in [0.4, 0.5) is 0 Å². The average molecular weight is 321 g/mol. The summed E-state index contributed by atoms with van der Waals surface area (Å²) in [6.07, 6.45) is 3.15. The normalized spacial score (nSPS) is 18.0. The largest absolute Gasteiger partial charge is 0.496 e. The molecule has 0 aliphatic carbocycles. The van der Waals surface area contributed by atoms with Gasteiger partial charge >= 0.3 is 0 Å². The van der Waals surface area contributed by atoms with Crippen LogP contribution in [-0.4, -0.2) is 37.5 Å². The van der Waals surface area contributed by atoms with Crippen molar-refractivity contribution in [3.05, 3.63) is 66.4 Å². The van der Waals surface area contributed by atoms with Gasteiger partial charge in [-0.15, -0.1) is 0 Å². The lowest BCUT2D eigenvalue weighted by molar-refractivity contribution is 0.383. The molecule has 2 heterocycles. The number of hydrogen-bond donors (Lipinski definition) is 1. The number of methoxy groups -OCH3 is 1. The minimum Gasteiger partial charge on any atom is -0.496 e. The molecule has 1 aliphatic heterocycles. The van der Waals surface area contributed by atoms with Crippen LogP contribution in [0, 0.1) is 0 Å². The van der Waals surface area contributed by atoms with Gasteiger partial charge in [0, 0.05) is 31.2 Å². The van der Waals surface area contributed by atoms with Crippen LogP contribution in [0.25, 0.3) is 10.9 Å². The van der Waals surface area contributed by atoms with E-state index in [1.807, 2.05) is 12.1 Å². The second-order valence-electron chi connectivity index (χ2n) is 6.26. The van der Waals surface area contributed by atoms with Gasteiger partial charge in [-0.25, -0.2) is 0 Å². The molecule has 24 heavy (non-hydrogen) atoms. The summed E-state index contributed by atoms with van der Waals surface area (Å²) in [5.41, 5.74) is 2.53. The molecule has 4 nitrogen and oxygen atoms in total. The molecule has 0 spiro atoms. The minimum absolute atomic E-state index is 0.394. The molecular formula is C20H23N3O. The average Bonchev–Trinajstić information content (AvgIpc) is 3.07. The highest BCUT2D eigenvalue weighted by molar-refractivity contribution is 5.80. The molecule has 3 aromatic rings. The number of nitrogens with one attached hydrogen (secondary N) is 1. The molecule has 0 saturated carbocycles. The predicted molar refractivity (Wildman–Crippen MR) is 98.4 cm³/mol. The number of fused-ring (bicyclic) bond motifs is 1. The maximum absolute atomic E-state index is 5.54. The maximum atomic E-state index is 5.54. The lowest BCUT2D eigenvalue weighted by Crippen LogP contribution is -2.57. The topological polar surface area (TPSA) is 29.4 Å². The van der Waals surface area contributed by atoms with E-state index in [1.165, 1.54) is 16.5 Å². The fourth-order valence-electron chi connectivity index (χ4n) is 3.63. The predicted octanol–water partition coefficient (Wildman–Crippen LogP) is 2.80. The molecule has 4 heteroatoms. The Kier molecular flexibility index (Phi) is 4.13. The number of para-hydroxylation sites is 2. The Morgan fingerprint density at radius 3 is 2.83 bits per heavy atom. The summed E-state index contributed by atoms with van der Waals surface area (Å²) < 4.78 is 7.85. The Morgan fingerprint density at radius 1 is 1.08 bits per heavy atom. The highest BCUT2D eigenvalue weighted by atomic mass is 16.5. The Bertz CT molecular complexity index is 826. The van der Waals surface area contributed by atoms with Crippen LogP contribution in [0.15, 0.2) is 60.8 Å². The van der Waals surface area contributed by atoms with Crippen molar-refractivity contribution in [1.29, 1.82) is 0 Å². The molecule has 1 aliphatic rings. The number of ether oxygens (including phenoxy) is 1. The number of piperazine rings is 1. The highest BCUT2D eigenvalue weighted by Crippen LogP contribution is 2.23. The van der Waals surface area contributed by atoms with Crippen molar-refractivity contribution in [2.75, 3.05) is 31.8 Å². The molecule has 0 amide bonds. The van der Waals surface area contributed by atoms with Crippen molar-refractivity contribution < 1.29 is 4.74 Å². The van der Waals surface area contributed by atoms with Gasteiger partial charge in [-0.2, -0.15) is 0 Å². The van der Waals surface area contributed by atoms with Crippen molar-refractivity contribution in [3.63, 3.8) is 0 Å². The van der Waals surface area contributed by atoms with Gasteiger partial charge in [0.15, 0.2) is 0 Å². The summed E-state index contributed by atoms with van der Waals surface area (Å²) in [6.45, 7) is 2.98. The van der Waals surface area contributed by atoms with Gasteiger partial charge in [0.1, 0.15) is 5.75 Å². The molecule has 0 bridgehead atoms. The van der Waals surface area contributed by atoms with Gasteiger partial charge in [0.2, 0.25) is 0 Å². The summed E-state index contributed by atoms with van der Waals surface area (Å²) in [5, 5.41) is 7.30. The van der Waals surface area contributed by atoms with Crippen LogP contribution in [0.2, 0.25) is 0 Å². The Morgan fingerprint density at radius 2 is 1.92 bits per heavy atom. The molecular weight excluding hydrogens is 298 g/mol. The van der Waals surface area contributed by atoms with Crippen LogP contribution in [-0.2, 0) is 6.42 Å². The highest BCUT2D eigenvalue weighted by Gasteiger charge is 2.24. The Labute approximate surface area is 142 Å². The van der Waals surface area contributed by atoms with Gasteiger partial charge in [-0.1, -0.05) is 36.4 Å². The second-order valence-corrected chi connectivity index (χ2v) is 6.26. The maximum Gasteiger partial charge on any atom is 0.122 e. The van der Waals surface area contributed by atoms with E-state index >= 15 is 0 Å². The van der Waals surface area contributed by atoms with E-state index in [0.717, 1.165) is 31.8 Å². The third kappa shape index (κ3) is 2.74. The number of hydrogen-bond acceptors (Lipinski definition) is 3. The van der Waals surface area contributed by atoms with Crippen molar-refractivity contribution >= 4 is 10.9 Å². The van der Waals surface area contributed by atoms with Gasteiger partial charge in [0.25, 0.3) is 0 Å². The fourth-order valence-corrected chi connectivity index (χ4v) is 3.63. The van der Waals surface area contributed by atoms with E-state index in [9.17, 15) is 0 Å². The number of aromatic nitrogens is 1. The monoisotopic (exact) mass is 321 g/mol. The van der Waals surface area contributed by atoms with Crippen LogP contribution in [0.5, 0.6) is 5.75 Å². The SMILES string of the molecule is COc1ccccc1C[C@H]1CNCCN1n1ccc2ccccc21. The molecule has 0 unspecified atom stereocenters. The Balaban J connectivity index is 1.66. The lowest BCUT2D eigenvalue weighted by atomic mass is 10.0. The smallest absolute Gasteiger partial charge is 0.122 e. The first-order valence-corrected chi connectivity index (χ1v) is 8.52. The molecule has 0 radical (unpaired) electrons. The van der Waals surface area contributed by atoms with E-state index in [2.05, 4.69) is 63.7 Å². The number of rotatable bonds is 4. The third-order valence-corrected chi connectivity index (χ3v) is 4.82. The van der Waals surface area contributed by atoms with Crippen molar-refractivity contribution in [1.82, 2.24) is 9.99 Å². The van der Waals surface area contributed by atoms with E-state index in [0.29, 0.717) is 6.04 Å². The summed E-state index contributed by atoms with van der Waals surface area (Å²) in [7, 11) is 1.75. The summed E-state index contributed by atoms with van der Waals surface area (Å²) in [5.74, 6) is 0.973. The first-order valence-electron chi connectivity index (χ1n) is 8.52. The standard InChI is InChI=1S/C20H23N3O/c1-24-20-9-5-3-7-17(20)14-18-15-21-11-13-22(18)23-12-10-16-6-2-4-8-19(16)23/h2-10,12,18,21H,11,13-15H2,1H3/t18-/m0/s1. The second kappa shape index (κ2) is 6.57. The lowest BCUT2D eigenvalue weighted by Gasteiger charge is -2.39. The quantitative estimate of drug-likeness (QED) is 0.801. The first kappa shape index (κ1) is 15.1. The van der Waals surface area contributed by atoms with Crippen molar-refractivity contribution in [3.8, 4) is 5.75 Å². The van der Waals surface area contributed by atoms with E-state index < -0.39 is 0 Å². The van der Waals surface area contributed by atoms with E-state index in [1.54, 1.807) is 7.11 Å². The van der Waals surface area contributed by atoms with Crippen LogP contribution >= 0.6 is 0 Å². The van der Waals surface area contributed by atoms with Crippen molar-refractivity contribution in [2.45, 2.75) is 12.5 Å². The molecule has 2 aromatic carbocycles. The Hall–Kier alpha value is -2.46. The van der Waals surface area contributed by atoms with Crippen molar-refractivity contribution in [2.24, 2.45) is 0 Å². The zero-order valence-corrected chi connectivity index (χ0v) is 14.0. The zero-order chi connectivity index (χ0) is 16.4.